The fourth-order valence-electron chi connectivity index (χ4n) is 2.47. The van der Waals surface area contributed by atoms with Gasteiger partial charge in [-0.05, 0) is 49.6 Å². The third-order valence-corrected chi connectivity index (χ3v) is 3.82. The van der Waals surface area contributed by atoms with Gasteiger partial charge in [0, 0.05) is 26.3 Å². The molecule has 0 spiro atoms. The SMILES string of the molecule is CCOc1ccccc1NC(=O)NCCCc1ccc(N(C)C)cc1. The fourth-order valence-corrected chi connectivity index (χ4v) is 2.47. The number of hydrogen-bond acceptors (Lipinski definition) is 3. The molecule has 134 valence electrons. The van der Waals surface area contributed by atoms with Crippen molar-refractivity contribution in [3.63, 3.8) is 0 Å². The van der Waals surface area contributed by atoms with E-state index in [1.165, 1.54) is 11.3 Å². The second-order valence-corrected chi connectivity index (χ2v) is 5.97. The molecular weight excluding hydrogens is 314 g/mol. The smallest absolute Gasteiger partial charge is 0.319 e. The highest BCUT2D eigenvalue weighted by atomic mass is 16.5. The van der Waals surface area contributed by atoms with Crippen molar-refractivity contribution in [2.45, 2.75) is 19.8 Å². The molecule has 0 radical (unpaired) electrons. The first kappa shape index (κ1) is 18.6. The second kappa shape index (κ2) is 9.57. The summed E-state index contributed by atoms with van der Waals surface area (Å²) in [6.07, 6.45) is 1.82. The number of aryl methyl sites for hydroxylation is 1. The van der Waals surface area contributed by atoms with Crippen molar-refractivity contribution in [3.05, 3.63) is 54.1 Å². The van der Waals surface area contributed by atoms with Gasteiger partial charge in [-0.2, -0.15) is 0 Å². The van der Waals surface area contributed by atoms with Crippen LogP contribution in [0.5, 0.6) is 5.75 Å². The van der Waals surface area contributed by atoms with Crippen LogP contribution in [-0.4, -0.2) is 33.3 Å². The van der Waals surface area contributed by atoms with Gasteiger partial charge in [0.15, 0.2) is 0 Å². The van der Waals surface area contributed by atoms with E-state index in [9.17, 15) is 4.79 Å². The molecule has 0 aliphatic heterocycles. The minimum atomic E-state index is -0.213. The zero-order chi connectivity index (χ0) is 18.1. The number of benzene rings is 2. The molecule has 0 saturated heterocycles. The normalized spacial score (nSPS) is 10.2. The zero-order valence-electron chi connectivity index (χ0n) is 15.2. The van der Waals surface area contributed by atoms with E-state index in [4.69, 9.17) is 4.74 Å². The quantitative estimate of drug-likeness (QED) is 0.716. The van der Waals surface area contributed by atoms with Crippen LogP contribution < -0.4 is 20.3 Å². The molecule has 0 aliphatic rings. The van der Waals surface area contributed by atoms with Crippen molar-refractivity contribution in [2.75, 3.05) is 37.5 Å². The van der Waals surface area contributed by atoms with Gasteiger partial charge in [-0.15, -0.1) is 0 Å². The molecule has 5 nitrogen and oxygen atoms in total. The second-order valence-electron chi connectivity index (χ2n) is 5.97. The van der Waals surface area contributed by atoms with Crippen molar-refractivity contribution in [3.8, 4) is 5.75 Å². The van der Waals surface area contributed by atoms with Gasteiger partial charge in [0.05, 0.1) is 12.3 Å². The number of rotatable bonds is 8. The van der Waals surface area contributed by atoms with E-state index in [1.54, 1.807) is 0 Å². The van der Waals surface area contributed by atoms with E-state index in [0.717, 1.165) is 12.8 Å². The Morgan fingerprint density at radius 1 is 1.08 bits per heavy atom. The lowest BCUT2D eigenvalue weighted by molar-refractivity contribution is 0.251. The van der Waals surface area contributed by atoms with Gasteiger partial charge >= 0.3 is 6.03 Å². The number of urea groups is 1. The Bertz CT molecular complexity index is 669. The molecule has 5 heteroatoms. The van der Waals surface area contributed by atoms with Crippen molar-refractivity contribution >= 4 is 17.4 Å². The minimum absolute atomic E-state index is 0.213. The lowest BCUT2D eigenvalue weighted by Crippen LogP contribution is -2.29. The van der Waals surface area contributed by atoms with Gasteiger partial charge in [-0.25, -0.2) is 4.79 Å². The van der Waals surface area contributed by atoms with Crippen LogP contribution in [0.2, 0.25) is 0 Å². The third-order valence-electron chi connectivity index (χ3n) is 3.82. The number of ether oxygens (including phenoxy) is 1. The summed E-state index contributed by atoms with van der Waals surface area (Å²) < 4.78 is 5.50. The Labute approximate surface area is 150 Å². The largest absolute Gasteiger partial charge is 0.492 e. The van der Waals surface area contributed by atoms with Gasteiger partial charge in [0.1, 0.15) is 5.75 Å². The van der Waals surface area contributed by atoms with Crippen LogP contribution >= 0.6 is 0 Å². The van der Waals surface area contributed by atoms with Crippen molar-refractivity contribution in [1.29, 1.82) is 0 Å². The van der Waals surface area contributed by atoms with Crippen LogP contribution in [0.25, 0.3) is 0 Å². The summed E-state index contributed by atoms with van der Waals surface area (Å²) >= 11 is 0. The summed E-state index contributed by atoms with van der Waals surface area (Å²) in [5.41, 5.74) is 3.14. The average Bonchev–Trinajstić information content (AvgIpc) is 2.61. The molecule has 2 aromatic rings. The Morgan fingerprint density at radius 3 is 2.48 bits per heavy atom. The minimum Gasteiger partial charge on any atom is -0.492 e. The maximum Gasteiger partial charge on any atom is 0.319 e. The Hall–Kier alpha value is -2.69. The van der Waals surface area contributed by atoms with Crippen LogP contribution in [0.4, 0.5) is 16.2 Å². The summed E-state index contributed by atoms with van der Waals surface area (Å²) in [5.74, 6) is 0.682. The number of nitrogens with one attached hydrogen (secondary N) is 2. The van der Waals surface area contributed by atoms with Crippen LogP contribution in [0.15, 0.2) is 48.5 Å². The Balaban J connectivity index is 1.73. The predicted octanol–water partition coefficient (Wildman–Crippen LogP) is 3.91. The predicted molar refractivity (Wildman–Crippen MR) is 104 cm³/mol. The first-order chi connectivity index (χ1) is 12.1. The van der Waals surface area contributed by atoms with Crippen LogP contribution in [0.1, 0.15) is 18.9 Å². The standard InChI is InChI=1S/C20H27N3O2/c1-4-25-19-10-6-5-9-18(19)22-20(24)21-15-7-8-16-11-13-17(14-12-16)23(2)3/h5-6,9-14H,4,7-8,15H2,1-3H3,(H2,21,22,24). The third kappa shape index (κ3) is 6.03. The van der Waals surface area contributed by atoms with E-state index in [0.29, 0.717) is 24.6 Å². The number of anilines is 2. The number of nitrogens with zero attached hydrogens (tertiary/aromatic N) is 1. The molecule has 0 saturated carbocycles. The van der Waals surface area contributed by atoms with E-state index < -0.39 is 0 Å². The van der Waals surface area contributed by atoms with Crippen LogP contribution in [0.3, 0.4) is 0 Å². The van der Waals surface area contributed by atoms with Crippen molar-refractivity contribution in [2.24, 2.45) is 0 Å². The first-order valence-corrected chi connectivity index (χ1v) is 8.63. The van der Waals surface area contributed by atoms with Crippen LogP contribution in [-0.2, 0) is 6.42 Å². The molecule has 0 unspecified atom stereocenters. The Kier molecular flexibility index (Phi) is 7.14. The van der Waals surface area contributed by atoms with E-state index in [2.05, 4.69) is 39.8 Å². The summed E-state index contributed by atoms with van der Waals surface area (Å²) in [4.78, 5) is 14.1. The fraction of sp³-hybridized carbons (Fsp3) is 0.350. The topological polar surface area (TPSA) is 53.6 Å². The average molecular weight is 341 g/mol. The van der Waals surface area contributed by atoms with E-state index in [-0.39, 0.29) is 6.03 Å². The molecule has 25 heavy (non-hydrogen) atoms. The monoisotopic (exact) mass is 341 g/mol. The summed E-state index contributed by atoms with van der Waals surface area (Å²) in [6.45, 7) is 3.10. The number of para-hydroxylation sites is 2. The number of amides is 2. The first-order valence-electron chi connectivity index (χ1n) is 8.63. The number of carbonyl (C=O) groups is 1. The highest BCUT2D eigenvalue weighted by Crippen LogP contribution is 2.23. The molecule has 0 bridgehead atoms. The number of hydrogen-bond donors (Lipinski definition) is 2. The van der Waals surface area contributed by atoms with Gasteiger partial charge in [0.25, 0.3) is 0 Å². The van der Waals surface area contributed by atoms with Gasteiger partial charge in [-0.1, -0.05) is 24.3 Å². The molecule has 0 heterocycles. The molecule has 0 atom stereocenters. The van der Waals surface area contributed by atoms with Gasteiger partial charge < -0.3 is 20.3 Å². The lowest BCUT2D eigenvalue weighted by Gasteiger charge is -2.13. The lowest BCUT2D eigenvalue weighted by atomic mass is 10.1. The van der Waals surface area contributed by atoms with E-state index >= 15 is 0 Å². The summed E-state index contributed by atoms with van der Waals surface area (Å²) in [6, 6.07) is 15.7. The molecule has 2 amide bonds. The molecule has 2 rings (SSSR count). The summed E-state index contributed by atoms with van der Waals surface area (Å²) in [5, 5.41) is 5.72. The highest BCUT2D eigenvalue weighted by Gasteiger charge is 2.06. The maximum atomic E-state index is 12.0. The van der Waals surface area contributed by atoms with E-state index in [1.807, 2.05) is 45.3 Å². The van der Waals surface area contributed by atoms with Crippen molar-refractivity contribution < 1.29 is 9.53 Å². The Morgan fingerprint density at radius 2 is 1.80 bits per heavy atom. The van der Waals surface area contributed by atoms with Gasteiger partial charge in [0.2, 0.25) is 0 Å². The molecule has 0 fully saturated rings. The zero-order valence-corrected chi connectivity index (χ0v) is 15.2. The summed E-state index contributed by atoms with van der Waals surface area (Å²) in [7, 11) is 4.06. The highest BCUT2D eigenvalue weighted by molar-refractivity contribution is 5.90. The number of carbonyl (C=O) groups excluding carboxylic acids is 1. The van der Waals surface area contributed by atoms with Crippen LogP contribution in [0, 0.1) is 0 Å². The molecule has 2 aromatic carbocycles. The molecule has 0 aromatic heterocycles. The maximum absolute atomic E-state index is 12.0. The molecule has 2 N–H and O–H groups in total. The molecular formula is C20H27N3O2. The van der Waals surface area contributed by atoms with Gasteiger partial charge in [-0.3, -0.25) is 0 Å². The van der Waals surface area contributed by atoms with Crippen molar-refractivity contribution in [1.82, 2.24) is 5.32 Å². The molecule has 0 aliphatic carbocycles.